The molecule has 88 valence electrons. The molecular weight excluding hydrogens is 200 g/mol. The van der Waals surface area contributed by atoms with Gasteiger partial charge in [-0.25, -0.2) is 0 Å². The zero-order valence-electron chi connectivity index (χ0n) is 9.14. The van der Waals surface area contributed by atoms with Crippen molar-refractivity contribution in [3.05, 3.63) is 0 Å². The molecular formula is C10H18O5. The second-order valence-corrected chi connectivity index (χ2v) is 3.40. The summed E-state index contributed by atoms with van der Waals surface area (Å²) in [5.41, 5.74) is 0. The van der Waals surface area contributed by atoms with Crippen molar-refractivity contribution >= 4 is 5.97 Å². The highest BCUT2D eigenvalue weighted by Gasteiger charge is 2.38. The van der Waals surface area contributed by atoms with E-state index in [2.05, 4.69) is 0 Å². The Balaban J connectivity index is 2.45. The maximum atomic E-state index is 11.2. The first kappa shape index (κ1) is 12.4. The number of carbonyl (C=O) groups excluding carboxylic acids is 1. The number of ether oxygens (including phenoxy) is 3. The predicted octanol–water partition coefficient (Wildman–Crippen LogP) is 0.310. The van der Waals surface area contributed by atoms with E-state index in [9.17, 15) is 9.90 Å². The van der Waals surface area contributed by atoms with Crippen molar-refractivity contribution in [3.8, 4) is 0 Å². The van der Waals surface area contributed by atoms with Gasteiger partial charge in [-0.05, 0) is 13.8 Å². The first-order valence-electron chi connectivity index (χ1n) is 5.25. The summed E-state index contributed by atoms with van der Waals surface area (Å²) >= 11 is 0. The maximum absolute atomic E-state index is 11.2. The standard InChI is InChI=1S/C10H18O5/c1-3-13-9(12)5-7-8(11)6-15-10(7)14-4-2/h7-8,10-11H,3-6H2,1-2H3. The molecule has 0 spiro atoms. The molecule has 0 aromatic heterocycles. The number of aliphatic hydroxyl groups is 1. The Morgan fingerprint density at radius 3 is 2.80 bits per heavy atom. The quantitative estimate of drug-likeness (QED) is 0.673. The second kappa shape index (κ2) is 6.05. The van der Waals surface area contributed by atoms with Gasteiger partial charge in [0.1, 0.15) is 0 Å². The van der Waals surface area contributed by atoms with Crippen LogP contribution in [0.4, 0.5) is 0 Å². The molecule has 0 amide bonds. The summed E-state index contributed by atoms with van der Waals surface area (Å²) < 4.78 is 15.3. The fraction of sp³-hybridized carbons (Fsp3) is 0.900. The third-order valence-corrected chi connectivity index (χ3v) is 2.31. The molecule has 3 unspecified atom stereocenters. The van der Waals surface area contributed by atoms with Gasteiger partial charge in [0, 0.05) is 12.5 Å². The molecule has 0 aromatic carbocycles. The van der Waals surface area contributed by atoms with Crippen molar-refractivity contribution in [2.75, 3.05) is 19.8 Å². The first-order valence-corrected chi connectivity index (χ1v) is 5.25. The van der Waals surface area contributed by atoms with Crippen LogP contribution in [0.1, 0.15) is 20.3 Å². The lowest BCUT2D eigenvalue weighted by molar-refractivity contribution is -0.154. The van der Waals surface area contributed by atoms with Crippen LogP contribution < -0.4 is 0 Å². The molecule has 1 fully saturated rings. The average Bonchev–Trinajstić information content (AvgIpc) is 2.51. The number of rotatable bonds is 5. The molecule has 0 aromatic rings. The van der Waals surface area contributed by atoms with Gasteiger partial charge in [-0.15, -0.1) is 0 Å². The van der Waals surface area contributed by atoms with E-state index in [1.165, 1.54) is 0 Å². The lowest BCUT2D eigenvalue weighted by Crippen LogP contribution is -2.29. The molecule has 1 rings (SSSR count). The largest absolute Gasteiger partial charge is 0.466 e. The third kappa shape index (κ3) is 3.44. The van der Waals surface area contributed by atoms with Crippen molar-refractivity contribution in [2.24, 2.45) is 5.92 Å². The zero-order valence-corrected chi connectivity index (χ0v) is 9.14. The molecule has 1 aliphatic rings. The summed E-state index contributed by atoms with van der Waals surface area (Å²) in [7, 11) is 0. The first-order chi connectivity index (χ1) is 7.19. The van der Waals surface area contributed by atoms with Gasteiger partial charge in [0.25, 0.3) is 0 Å². The topological polar surface area (TPSA) is 65.0 Å². The highest BCUT2D eigenvalue weighted by Crippen LogP contribution is 2.26. The Morgan fingerprint density at radius 1 is 1.47 bits per heavy atom. The SMILES string of the molecule is CCOC(=O)CC1C(O)COC1OCC. The maximum Gasteiger partial charge on any atom is 0.306 e. The van der Waals surface area contributed by atoms with Crippen LogP contribution in [0.2, 0.25) is 0 Å². The van der Waals surface area contributed by atoms with E-state index < -0.39 is 12.4 Å². The molecule has 1 N–H and O–H groups in total. The van der Waals surface area contributed by atoms with Gasteiger partial charge in [-0.1, -0.05) is 0 Å². The molecule has 1 saturated heterocycles. The van der Waals surface area contributed by atoms with Crippen molar-refractivity contribution in [2.45, 2.75) is 32.7 Å². The number of esters is 1. The van der Waals surface area contributed by atoms with Gasteiger partial charge in [-0.2, -0.15) is 0 Å². The highest BCUT2D eigenvalue weighted by molar-refractivity contribution is 5.69. The van der Waals surface area contributed by atoms with Crippen LogP contribution in [0.15, 0.2) is 0 Å². The molecule has 15 heavy (non-hydrogen) atoms. The second-order valence-electron chi connectivity index (χ2n) is 3.40. The van der Waals surface area contributed by atoms with Crippen LogP contribution in [-0.4, -0.2) is 43.3 Å². The van der Waals surface area contributed by atoms with E-state index >= 15 is 0 Å². The van der Waals surface area contributed by atoms with E-state index in [4.69, 9.17) is 14.2 Å². The van der Waals surface area contributed by atoms with E-state index in [0.717, 1.165) is 0 Å². The molecule has 3 atom stereocenters. The minimum Gasteiger partial charge on any atom is -0.466 e. The minimum atomic E-state index is -0.647. The average molecular weight is 218 g/mol. The Morgan fingerprint density at radius 2 is 2.20 bits per heavy atom. The minimum absolute atomic E-state index is 0.139. The van der Waals surface area contributed by atoms with Crippen molar-refractivity contribution < 1.29 is 24.1 Å². The zero-order chi connectivity index (χ0) is 11.3. The monoisotopic (exact) mass is 218 g/mol. The summed E-state index contributed by atoms with van der Waals surface area (Å²) in [6, 6.07) is 0. The Bertz CT molecular complexity index is 204. The lowest BCUT2D eigenvalue weighted by atomic mass is 10.0. The Labute approximate surface area is 89.3 Å². The van der Waals surface area contributed by atoms with Gasteiger partial charge in [0.05, 0.1) is 25.7 Å². The molecule has 1 aliphatic heterocycles. The van der Waals surface area contributed by atoms with Crippen molar-refractivity contribution in [3.63, 3.8) is 0 Å². The Kier molecular flexibility index (Phi) is 5.01. The van der Waals surface area contributed by atoms with Gasteiger partial charge in [-0.3, -0.25) is 4.79 Å². The third-order valence-electron chi connectivity index (χ3n) is 2.31. The smallest absolute Gasteiger partial charge is 0.306 e. The fourth-order valence-corrected chi connectivity index (χ4v) is 1.60. The van der Waals surface area contributed by atoms with E-state index in [1.54, 1.807) is 6.92 Å². The Hall–Kier alpha value is -0.650. The van der Waals surface area contributed by atoms with Gasteiger partial charge in [0.15, 0.2) is 6.29 Å². The van der Waals surface area contributed by atoms with Gasteiger partial charge < -0.3 is 19.3 Å². The fourth-order valence-electron chi connectivity index (χ4n) is 1.60. The predicted molar refractivity (Wildman–Crippen MR) is 52.1 cm³/mol. The van der Waals surface area contributed by atoms with Gasteiger partial charge in [0.2, 0.25) is 0 Å². The molecule has 5 nitrogen and oxygen atoms in total. The van der Waals surface area contributed by atoms with Crippen LogP contribution in [-0.2, 0) is 19.0 Å². The number of carbonyl (C=O) groups is 1. The summed E-state index contributed by atoms with van der Waals surface area (Å²) in [5, 5.41) is 9.59. The van der Waals surface area contributed by atoms with Crippen molar-refractivity contribution in [1.82, 2.24) is 0 Å². The number of aliphatic hydroxyl groups excluding tert-OH is 1. The molecule has 0 saturated carbocycles. The summed E-state index contributed by atoms with van der Waals surface area (Å²) in [5.74, 6) is -0.638. The van der Waals surface area contributed by atoms with E-state index in [-0.39, 0.29) is 24.9 Å². The van der Waals surface area contributed by atoms with Gasteiger partial charge >= 0.3 is 5.97 Å². The van der Waals surface area contributed by atoms with E-state index in [0.29, 0.717) is 13.2 Å². The lowest BCUT2D eigenvalue weighted by Gasteiger charge is -2.18. The van der Waals surface area contributed by atoms with Crippen LogP contribution >= 0.6 is 0 Å². The molecule has 0 aliphatic carbocycles. The number of hydrogen-bond acceptors (Lipinski definition) is 5. The van der Waals surface area contributed by atoms with Crippen LogP contribution in [0, 0.1) is 5.92 Å². The molecule has 0 bridgehead atoms. The van der Waals surface area contributed by atoms with E-state index in [1.807, 2.05) is 6.92 Å². The molecule has 0 radical (unpaired) electrons. The molecule has 5 heteroatoms. The summed E-state index contributed by atoms with van der Waals surface area (Å²) in [6.07, 6.45) is -1.000. The van der Waals surface area contributed by atoms with Crippen LogP contribution in [0.25, 0.3) is 0 Å². The summed E-state index contributed by atoms with van der Waals surface area (Å²) in [6.45, 7) is 4.66. The normalized spacial score (nSPS) is 30.5. The molecule has 1 heterocycles. The highest BCUT2D eigenvalue weighted by atomic mass is 16.7. The van der Waals surface area contributed by atoms with Crippen molar-refractivity contribution in [1.29, 1.82) is 0 Å². The number of hydrogen-bond donors (Lipinski definition) is 1. The summed E-state index contributed by atoms with van der Waals surface area (Å²) in [4.78, 5) is 11.2. The van der Waals surface area contributed by atoms with Crippen LogP contribution in [0.3, 0.4) is 0 Å². The van der Waals surface area contributed by atoms with Crippen LogP contribution in [0.5, 0.6) is 0 Å².